The first kappa shape index (κ1) is 41.0. The van der Waals surface area contributed by atoms with Gasteiger partial charge in [0, 0.05) is 30.1 Å². The maximum Gasteiger partial charge on any atom is 0.524 e. The highest BCUT2D eigenvalue weighted by molar-refractivity contribution is 7.46. The van der Waals surface area contributed by atoms with Gasteiger partial charge in [0.2, 0.25) is 5.78 Å². The smallest absolute Gasteiger partial charge is 0.497 e. The van der Waals surface area contributed by atoms with Crippen molar-refractivity contribution < 1.29 is 71.6 Å². The van der Waals surface area contributed by atoms with Crippen LogP contribution in [0.15, 0.2) is 47.2 Å². The van der Waals surface area contributed by atoms with E-state index < -0.39 is 84.1 Å². The van der Waals surface area contributed by atoms with Gasteiger partial charge in [0.25, 0.3) is 0 Å². The first-order chi connectivity index (χ1) is 24.6. The van der Waals surface area contributed by atoms with Crippen molar-refractivity contribution in [3.05, 3.63) is 52.8 Å². The summed E-state index contributed by atoms with van der Waals surface area (Å²) in [6.45, 7) is 8.07. The van der Waals surface area contributed by atoms with E-state index in [9.17, 15) is 28.8 Å². The first-order valence-corrected chi connectivity index (χ1v) is 19.2. The quantitative estimate of drug-likeness (QED) is 0.108. The van der Waals surface area contributed by atoms with E-state index in [4.69, 9.17) is 45.4 Å². The van der Waals surface area contributed by atoms with Gasteiger partial charge in [-0.25, -0.2) is 13.8 Å². The molecule has 1 aromatic rings. The van der Waals surface area contributed by atoms with Crippen LogP contribution >= 0.6 is 19.4 Å². The number of aliphatic hydroxyl groups is 1. The zero-order valence-corrected chi connectivity index (χ0v) is 31.7. The molecular formula is C36H45ClFO14P. The Morgan fingerprint density at radius 1 is 1.13 bits per heavy atom. The number of para-hydroxylation sites is 1. The molecule has 4 aliphatic carbocycles. The third-order valence-electron chi connectivity index (χ3n) is 11.6. The molecule has 0 bridgehead atoms. The molecule has 53 heavy (non-hydrogen) atoms. The molecule has 14 nitrogen and oxygen atoms in total. The number of aliphatic hydroxyl groups excluding tert-OH is 1. The maximum atomic E-state index is 17.8. The van der Waals surface area contributed by atoms with Gasteiger partial charge in [-0.15, -0.1) is 11.6 Å². The molecule has 3 fully saturated rings. The number of esters is 1. The van der Waals surface area contributed by atoms with Crippen LogP contribution in [0, 0.1) is 22.7 Å². The molecule has 1 saturated heterocycles. The van der Waals surface area contributed by atoms with Gasteiger partial charge in [0.1, 0.15) is 29.9 Å². The number of hydrogen-bond acceptors (Lipinski definition) is 11. The molecule has 292 valence electrons. The van der Waals surface area contributed by atoms with Crippen molar-refractivity contribution in [3.63, 3.8) is 0 Å². The van der Waals surface area contributed by atoms with Crippen molar-refractivity contribution in [1.29, 1.82) is 0 Å². The number of ketones is 1. The summed E-state index contributed by atoms with van der Waals surface area (Å²) in [7, 11) is -4.72. The third-order valence-corrected chi connectivity index (χ3v) is 12.2. The van der Waals surface area contributed by atoms with Gasteiger partial charge in [-0.05, 0) is 74.8 Å². The molecule has 4 N–H and O–H groups in total. The Labute approximate surface area is 310 Å². The van der Waals surface area contributed by atoms with Crippen LogP contribution in [0.4, 0.5) is 4.39 Å². The van der Waals surface area contributed by atoms with E-state index in [1.807, 2.05) is 6.92 Å². The number of aromatic carboxylic acids is 1. The lowest BCUT2D eigenvalue weighted by Gasteiger charge is -2.63. The molecule has 5 aliphatic rings. The number of rotatable bonds is 10. The van der Waals surface area contributed by atoms with Crippen LogP contribution in [0.25, 0.3) is 0 Å². The molecule has 0 unspecified atom stereocenters. The summed E-state index contributed by atoms with van der Waals surface area (Å²) in [5.74, 6) is -4.09. The highest BCUT2D eigenvalue weighted by Crippen LogP contribution is 2.73. The molecule has 1 aromatic carbocycles. The number of halogens is 2. The molecule has 0 aromatic heterocycles. The predicted octanol–water partition coefficient (Wildman–Crippen LogP) is 4.82. The molecular weight excluding hydrogens is 742 g/mol. The number of benzene rings is 1. The zero-order valence-electron chi connectivity index (χ0n) is 30.0. The van der Waals surface area contributed by atoms with Gasteiger partial charge in [-0.1, -0.05) is 26.0 Å². The number of aldehydes is 1. The minimum absolute atomic E-state index is 0.0506. The average molecular weight is 787 g/mol. The van der Waals surface area contributed by atoms with Crippen molar-refractivity contribution in [3.8, 4) is 5.75 Å². The van der Waals surface area contributed by atoms with Crippen LogP contribution in [-0.2, 0) is 37.9 Å². The van der Waals surface area contributed by atoms with E-state index in [0.29, 0.717) is 48.7 Å². The summed E-state index contributed by atoms with van der Waals surface area (Å²) < 4.78 is 55.9. The fourth-order valence-corrected chi connectivity index (χ4v) is 10.1. The fraction of sp³-hybridized carbons (Fsp3) is 0.611. The number of phosphoric acid groups is 1. The Morgan fingerprint density at radius 2 is 1.81 bits per heavy atom. The van der Waals surface area contributed by atoms with Crippen LogP contribution in [-0.4, -0.2) is 92.4 Å². The lowest BCUT2D eigenvalue weighted by Crippen LogP contribution is -2.70. The number of alkyl halides is 2. The number of carbonyl (C=O) groups is 4. The second-order valence-electron chi connectivity index (χ2n) is 15.0. The normalized spacial score (nSPS) is 35.2. The molecule has 17 heteroatoms. The van der Waals surface area contributed by atoms with Gasteiger partial charge < -0.3 is 33.7 Å². The SMILES string of the molecule is CC(=O)OCC(=O)[C@@]12OC(C)(C)O[C@@H]1C[C@H]1[C@@H]3CC(C=O)=C4C=C(OCCCl)CC[C@]4(C)[C@@]3(F)[C@@H](O)C[C@@]12C.O=C(O)c1ccccc1OP(=O)(O)O. The minimum atomic E-state index is -4.72. The molecule has 8 atom stereocenters. The topological polar surface area (TPSA) is 212 Å². The van der Waals surface area contributed by atoms with Gasteiger partial charge >= 0.3 is 19.8 Å². The maximum absolute atomic E-state index is 17.8. The minimum Gasteiger partial charge on any atom is -0.497 e. The standard InChI is InChI=1S/C29H38ClFO8.C7H7O6P/c1-16(33)37-15-23(35)29-24(38-25(2,3)39-29)12-20-21-10-17(14-32)19-11-18(36-9-8-30)6-7-26(19,4)28(21,31)22(34)13-27(20,29)5;8-7(9)5-3-1-2-4-6(5)13-14(10,11)12/h11,14,20-22,24,34H,6-10,12-13,15H2,1-5H3;1-4H,(H,8,9)(H2,10,11,12)/t20-,21-,22-,24+,26-,27-,28-,29+;/m0./s1. The third kappa shape index (κ3) is 6.98. The Kier molecular flexibility index (Phi) is 11.2. The van der Waals surface area contributed by atoms with E-state index in [1.165, 1.54) is 31.2 Å². The van der Waals surface area contributed by atoms with E-state index in [-0.39, 0.29) is 24.2 Å². The number of carbonyl (C=O) groups excluding carboxylic acids is 3. The van der Waals surface area contributed by atoms with Gasteiger partial charge in [-0.2, -0.15) is 0 Å². The summed E-state index contributed by atoms with van der Waals surface area (Å²) >= 11 is 5.78. The first-order valence-electron chi connectivity index (χ1n) is 17.2. The van der Waals surface area contributed by atoms with E-state index in [0.717, 1.165) is 6.29 Å². The van der Waals surface area contributed by atoms with Crippen molar-refractivity contribution in [2.75, 3.05) is 19.1 Å². The Bertz CT molecular complexity index is 1770. The van der Waals surface area contributed by atoms with Crippen molar-refractivity contribution in [1.82, 2.24) is 0 Å². The highest BCUT2D eigenvalue weighted by Gasteiger charge is 2.80. The molecule has 2 saturated carbocycles. The summed E-state index contributed by atoms with van der Waals surface area (Å²) in [6.07, 6.45) is 1.52. The number of carboxylic acid groups (broad SMARTS) is 1. The molecule has 0 spiro atoms. The summed E-state index contributed by atoms with van der Waals surface area (Å²) in [6, 6.07) is 5.20. The second-order valence-corrected chi connectivity index (χ2v) is 16.6. The van der Waals surface area contributed by atoms with Crippen molar-refractivity contribution in [2.24, 2.45) is 22.7 Å². The molecule has 0 amide bonds. The molecule has 0 radical (unpaired) electrons. The van der Waals surface area contributed by atoms with E-state index in [1.54, 1.807) is 26.8 Å². The number of Topliss-reactive ketones (excluding diaryl/α,β-unsaturated/α-hetero) is 1. The number of allylic oxidation sites excluding steroid dienone is 4. The number of ether oxygens (including phenoxy) is 4. The fourth-order valence-electron chi connectivity index (χ4n) is 9.60. The van der Waals surface area contributed by atoms with Crippen LogP contribution < -0.4 is 4.52 Å². The van der Waals surface area contributed by atoms with Gasteiger partial charge in [0.05, 0.1) is 23.8 Å². The Morgan fingerprint density at radius 3 is 2.42 bits per heavy atom. The van der Waals surface area contributed by atoms with E-state index in [2.05, 4.69) is 4.52 Å². The summed E-state index contributed by atoms with van der Waals surface area (Å²) in [5.41, 5.74) is -5.06. The summed E-state index contributed by atoms with van der Waals surface area (Å²) in [4.78, 5) is 65.3. The molecule has 1 heterocycles. The average Bonchev–Trinajstić information content (AvgIpc) is 3.48. The zero-order chi connectivity index (χ0) is 39.4. The molecule has 6 rings (SSSR count). The van der Waals surface area contributed by atoms with Crippen molar-refractivity contribution >= 4 is 43.4 Å². The number of fused-ring (bicyclic) bond motifs is 7. The molecule has 1 aliphatic heterocycles. The van der Waals surface area contributed by atoms with Crippen LogP contribution in [0.3, 0.4) is 0 Å². The monoisotopic (exact) mass is 786 g/mol. The van der Waals surface area contributed by atoms with Crippen molar-refractivity contribution in [2.45, 2.75) is 96.0 Å². The summed E-state index contributed by atoms with van der Waals surface area (Å²) in [5, 5.41) is 20.4. The van der Waals surface area contributed by atoms with Crippen LogP contribution in [0.2, 0.25) is 0 Å². The number of phosphoric ester groups is 1. The second kappa shape index (κ2) is 14.5. The Balaban J connectivity index is 0.000000326. The lowest BCUT2D eigenvalue weighted by atomic mass is 9.44. The number of carboxylic acids is 1. The van der Waals surface area contributed by atoms with E-state index >= 15 is 4.39 Å². The van der Waals surface area contributed by atoms with Gasteiger partial charge in [0.15, 0.2) is 18.0 Å². The van der Waals surface area contributed by atoms with Crippen LogP contribution in [0.5, 0.6) is 5.75 Å². The van der Waals surface area contributed by atoms with Gasteiger partial charge in [-0.3, -0.25) is 24.2 Å². The van der Waals surface area contributed by atoms with Crippen LogP contribution in [0.1, 0.15) is 77.1 Å². The predicted molar refractivity (Wildman–Crippen MR) is 184 cm³/mol. The lowest BCUT2D eigenvalue weighted by molar-refractivity contribution is -0.248. The largest absolute Gasteiger partial charge is 0.524 e. The highest BCUT2D eigenvalue weighted by atomic mass is 35.5. The number of hydrogen-bond donors (Lipinski definition) is 4. The Hall–Kier alpha value is -3.17.